The van der Waals surface area contributed by atoms with Crippen molar-refractivity contribution < 1.29 is 17.9 Å². The number of amides is 1. The second kappa shape index (κ2) is 5.13. The first-order valence-corrected chi connectivity index (χ1v) is 8.48. The second-order valence-electron chi connectivity index (χ2n) is 5.65. The van der Waals surface area contributed by atoms with E-state index >= 15 is 0 Å². The molecule has 7 nitrogen and oxygen atoms in total. The van der Waals surface area contributed by atoms with Crippen molar-refractivity contribution in [2.45, 2.75) is 13.3 Å². The Hall–Kier alpha value is -1.80. The average Bonchev–Trinajstić information content (AvgIpc) is 3.05. The van der Waals surface area contributed by atoms with Crippen LogP contribution in [0.25, 0.3) is 0 Å². The Labute approximate surface area is 130 Å². The third kappa shape index (κ3) is 2.22. The summed E-state index contributed by atoms with van der Waals surface area (Å²) in [6.45, 7) is 2.89. The van der Waals surface area contributed by atoms with E-state index in [0.717, 1.165) is 5.56 Å². The normalized spacial score (nSPS) is 22.8. The third-order valence-electron chi connectivity index (χ3n) is 4.25. The van der Waals surface area contributed by atoms with E-state index < -0.39 is 10.2 Å². The van der Waals surface area contributed by atoms with Gasteiger partial charge in [-0.3, -0.25) is 13.4 Å². The molecule has 2 heterocycles. The fourth-order valence-corrected chi connectivity index (χ4v) is 3.89. The summed E-state index contributed by atoms with van der Waals surface area (Å²) in [4.78, 5) is 12.2. The number of hydrogen-bond donors (Lipinski definition) is 1. The van der Waals surface area contributed by atoms with E-state index in [1.165, 1.54) is 22.7 Å². The number of fused-ring (bicyclic) bond motifs is 1. The van der Waals surface area contributed by atoms with Crippen molar-refractivity contribution >= 4 is 33.2 Å². The lowest BCUT2D eigenvalue weighted by Crippen LogP contribution is -2.32. The van der Waals surface area contributed by atoms with Crippen LogP contribution in [0.3, 0.4) is 0 Å². The molecule has 1 atom stereocenters. The van der Waals surface area contributed by atoms with Gasteiger partial charge in [0.05, 0.1) is 23.9 Å². The molecule has 0 aromatic heterocycles. The highest BCUT2D eigenvalue weighted by Crippen LogP contribution is 2.42. The SMILES string of the molecule is Cc1cc2c(cc1NC(=O)C1CCOC1)N(C)S(=O)(=O)N2C. The number of benzene rings is 1. The van der Waals surface area contributed by atoms with Crippen LogP contribution in [0.4, 0.5) is 17.1 Å². The molecule has 0 bridgehead atoms. The zero-order chi connectivity index (χ0) is 16.1. The van der Waals surface area contributed by atoms with Gasteiger partial charge in [0.2, 0.25) is 5.91 Å². The molecule has 8 heteroatoms. The molecule has 0 spiro atoms. The number of rotatable bonds is 2. The van der Waals surface area contributed by atoms with Crippen molar-refractivity contribution in [1.82, 2.24) is 0 Å². The van der Waals surface area contributed by atoms with E-state index in [1.807, 2.05) is 6.92 Å². The standard InChI is InChI=1S/C14H19N3O4S/c1-9-6-12-13(17(3)22(19,20)16(12)2)7-11(9)15-14(18)10-4-5-21-8-10/h6-7,10H,4-5,8H2,1-3H3,(H,15,18). The maximum Gasteiger partial charge on any atom is 0.326 e. The van der Waals surface area contributed by atoms with Crippen LogP contribution in [0.1, 0.15) is 12.0 Å². The van der Waals surface area contributed by atoms with Gasteiger partial charge in [-0.05, 0) is 31.0 Å². The van der Waals surface area contributed by atoms with E-state index in [1.54, 1.807) is 12.1 Å². The van der Waals surface area contributed by atoms with Crippen LogP contribution in [-0.4, -0.2) is 41.6 Å². The van der Waals surface area contributed by atoms with Crippen LogP contribution in [0, 0.1) is 12.8 Å². The van der Waals surface area contributed by atoms with Gasteiger partial charge in [-0.2, -0.15) is 8.42 Å². The molecular formula is C14H19N3O4S. The minimum Gasteiger partial charge on any atom is -0.381 e. The van der Waals surface area contributed by atoms with Crippen LogP contribution < -0.4 is 13.9 Å². The maximum atomic E-state index is 12.2. The fraction of sp³-hybridized carbons (Fsp3) is 0.500. The Balaban J connectivity index is 1.92. The maximum absolute atomic E-state index is 12.2. The Bertz CT molecular complexity index is 726. The first-order chi connectivity index (χ1) is 10.3. The minimum absolute atomic E-state index is 0.0857. The predicted octanol–water partition coefficient (Wildman–Crippen LogP) is 1.10. The number of nitrogens with zero attached hydrogens (tertiary/aromatic N) is 2. The van der Waals surface area contributed by atoms with Crippen LogP contribution in [0.15, 0.2) is 12.1 Å². The molecule has 1 fully saturated rings. The summed E-state index contributed by atoms with van der Waals surface area (Å²) in [6, 6.07) is 3.48. The first-order valence-electron chi connectivity index (χ1n) is 7.08. The first kappa shape index (κ1) is 15.1. The molecule has 3 rings (SSSR count). The van der Waals surface area contributed by atoms with Crippen molar-refractivity contribution in [3.8, 4) is 0 Å². The Morgan fingerprint density at radius 1 is 1.27 bits per heavy atom. The highest BCUT2D eigenvalue weighted by molar-refractivity contribution is 7.94. The van der Waals surface area contributed by atoms with Crippen LogP contribution >= 0.6 is 0 Å². The Morgan fingerprint density at radius 3 is 2.50 bits per heavy atom. The molecule has 1 aromatic rings. The number of aryl methyl sites for hydroxylation is 1. The lowest BCUT2D eigenvalue weighted by atomic mass is 10.1. The van der Waals surface area contributed by atoms with E-state index in [0.29, 0.717) is 36.7 Å². The topological polar surface area (TPSA) is 79.0 Å². The number of anilines is 3. The van der Waals surface area contributed by atoms with Crippen LogP contribution in [0.5, 0.6) is 0 Å². The Morgan fingerprint density at radius 2 is 1.91 bits per heavy atom. The highest BCUT2D eigenvalue weighted by Gasteiger charge is 2.36. The van der Waals surface area contributed by atoms with Crippen molar-refractivity contribution in [3.63, 3.8) is 0 Å². The second-order valence-corrected chi connectivity index (χ2v) is 7.64. The fourth-order valence-electron chi connectivity index (χ4n) is 2.73. The summed E-state index contributed by atoms with van der Waals surface area (Å²) in [7, 11) is -0.484. The van der Waals surface area contributed by atoms with Gasteiger partial charge in [-0.1, -0.05) is 0 Å². The molecule has 2 aliphatic heterocycles. The van der Waals surface area contributed by atoms with Gasteiger partial charge in [0.1, 0.15) is 0 Å². The summed E-state index contributed by atoms with van der Waals surface area (Å²) in [5.41, 5.74) is 2.63. The van der Waals surface area contributed by atoms with Crippen molar-refractivity contribution in [1.29, 1.82) is 0 Å². The molecule has 120 valence electrons. The minimum atomic E-state index is -3.51. The summed E-state index contributed by atoms with van der Waals surface area (Å²) in [6.07, 6.45) is 0.715. The van der Waals surface area contributed by atoms with Gasteiger partial charge in [0, 0.05) is 26.4 Å². The molecule has 0 saturated carbocycles. The van der Waals surface area contributed by atoms with E-state index in [4.69, 9.17) is 4.74 Å². The number of ether oxygens (including phenoxy) is 1. The van der Waals surface area contributed by atoms with Crippen LogP contribution in [-0.2, 0) is 19.7 Å². The smallest absolute Gasteiger partial charge is 0.326 e. The quantitative estimate of drug-likeness (QED) is 0.883. The molecule has 0 aliphatic carbocycles. The number of hydrogen-bond acceptors (Lipinski definition) is 4. The zero-order valence-corrected chi connectivity index (χ0v) is 13.6. The largest absolute Gasteiger partial charge is 0.381 e. The van der Waals surface area contributed by atoms with Crippen molar-refractivity contribution in [3.05, 3.63) is 17.7 Å². The lowest BCUT2D eigenvalue weighted by molar-refractivity contribution is -0.119. The predicted molar refractivity (Wildman–Crippen MR) is 84.5 cm³/mol. The Kier molecular flexibility index (Phi) is 3.53. The summed E-state index contributed by atoms with van der Waals surface area (Å²) >= 11 is 0. The number of carbonyl (C=O) groups excluding carboxylic acids is 1. The molecule has 1 unspecified atom stereocenters. The van der Waals surface area contributed by atoms with E-state index in [2.05, 4.69) is 5.32 Å². The molecule has 1 amide bonds. The van der Waals surface area contributed by atoms with Gasteiger partial charge in [0.25, 0.3) is 0 Å². The summed E-state index contributed by atoms with van der Waals surface area (Å²) in [5.74, 6) is -0.228. The molecule has 1 saturated heterocycles. The number of nitrogens with one attached hydrogen (secondary N) is 1. The lowest BCUT2D eigenvalue weighted by Gasteiger charge is -2.14. The molecule has 1 N–H and O–H groups in total. The van der Waals surface area contributed by atoms with Crippen molar-refractivity contribution in [2.75, 3.05) is 41.2 Å². The summed E-state index contributed by atoms with van der Waals surface area (Å²) < 4.78 is 32.0. The molecule has 1 aromatic carbocycles. The zero-order valence-electron chi connectivity index (χ0n) is 12.8. The van der Waals surface area contributed by atoms with Gasteiger partial charge in [0.15, 0.2) is 0 Å². The highest BCUT2D eigenvalue weighted by atomic mass is 32.2. The number of carbonyl (C=O) groups is 1. The van der Waals surface area contributed by atoms with Gasteiger partial charge < -0.3 is 10.1 Å². The van der Waals surface area contributed by atoms with E-state index in [-0.39, 0.29) is 11.8 Å². The molecule has 2 aliphatic rings. The molecular weight excluding hydrogens is 306 g/mol. The average molecular weight is 325 g/mol. The molecule has 22 heavy (non-hydrogen) atoms. The molecule has 0 radical (unpaired) electrons. The van der Waals surface area contributed by atoms with E-state index in [9.17, 15) is 13.2 Å². The third-order valence-corrected chi connectivity index (χ3v) is 6.03. The van der Waals surface area contributed by atoms with Gasteiger partial charge in [-0.25, -0.2) is 0 Å². The monoisotopic (exact) mass is 325 g/mol. The summed E-state index contributed by atoms with van der Waals surface area (Å²) in [5, 5.41) is 2.89. The van der Waals surface area contributed by atoms with Crippen molar-refractivity contribution in [2.24, 2.45) is 5.92 Å². The van der Waals surface area contributed by atoms with Gasteiger partial charge in [-0.15, -0.1) is 0 Å². The van der Waals surface area contributed by atoms with Crippen LogP contribution in [0.2, 0.25) is 0 Å². The van der Waals surface area contributed by atoms with Gasteiger partial charge >= 0.3 is 10.2 Å².